The third kappa shape index (κ3) is 3.57. The first-order valence-corrected chi connectivity index (χ1v) is 7.33. The van der Waals surface area contributed by atoms with E-state index in [0.717, 1.165) is 5.56 Å². The van der Waals surface area contributed by atoms with Crippen LogP contribution >= 0.6 is 0 Å². The largest absolute Gasteiger partial charge is 0.497 e. The van der Waals surface area contributed by atoms with E-state index in [-0.39, 0.29) is 11.6 Å². The van der Waals surface area contributed by atoms with Gasteiger partial charge in [-0.3, -0.25) is 9.89 Å². The number of rotatable bonds is 5. The highest BCUT2D eigenvalue weighted by Gasteiger charge is 2.05. The lowest BCUT2D eigenvalue weighted by Crippen LogP contribution is -1.94. The van der Waals surface area contributed by atoms with Gasteiger partial charge in [0.05, 0.1) is 18.5 Å². The predicted molar refractivity (Wildman–Crippen MR) is 90.3 cm³/mol. The number of ether oxygens (including phenoxy) is 1. The quantitative estimate of drug-likeness (QED) is 0.568. The summed E-state index contributed by atoms with van der Waals surface area (Å²) in [7, 11) is 1.58. The van der Waals surface area contributed by atoms with Crippen LogP contribution in [0.4, 0.5) is 4.39 Å². The number of nitrogens with zero attached hydrogens (tertiary/aromatic N) is 1. The molecule has 0 saturated carbocycles. The first kappa shape index (κ1) is 15.7. The lowest BCUT2D eigenvalue weighted by Gasteiger charge is -1.99. The monoisotopic (exact) mass is 322 g/mol. The molecule has 0 aliphatic heterocycles. The minimum Gasteiger partial charge on any atom is -0.497 e. The fraction of sp³-hybridized carbons (Fsp3) is 0.0526. The molecular weight excluding hydrogens is 307 g/mol. The predicted octanol–water partition coefficient (Wildman–Crippen LogP) is 4.12. The Balaban J connectivity index is 1.72. The summed E-state index contributed by atoms with van der Waals surface area (Å²) in [6.45, 7) is 0. The summed E-state index contributed by atoms with van der Waals surface area (Å²) < 4.78 is 18.0. The average Bonchev–Trinajstić information content (AvgIpc) is 3.09. The number of carbonyl (C=O) groups excluding carboxylic acids is 1. The number of allylic oxidation sites excluding steroid dienone is 1. The van der Waals surface area contributed by atoms with Gasteiger partial charge < -0.3 is 4.74 Å². The molecule has 3 rings (SSSR count). The van der Waals surface area contributed by atoms with Crippen LogP contribution in [0.3, 0.4) is 0 Å². The maximum atomic E-state index is 12.9. The first-order chi connectivity index (χ1) is 11.7. The first-order valence-electron chi connectivity index (χ1n) is 7.33. The lowest BCUT2D eigenvalue weighted by atomic mass is 10.1. The lowest BCUT2D eigenvalue weighted by molar-refractivity contribution is 0.104. The molecule has 0 fully saturated rings. The summed E-state index contributed by atoms with van der Waals surface area (Å²) in [5.74, 6) is 0.295. The summed E-state index contributed by atoms with van der Waals surface area (Å²) in [6.07, 6.45) is 3.14. The van der Waals surface area contributed by atoms with Gasteiger partial charge in [0.15, 0.2) is 5.78 Å². The van der Waals surface area contributed by atoms with Gasteiger partial charge in [0.25, 0.3) is 0 Å². The van der Waals surface area contributed by atoms with Crippen molar-refractivity contribution in [2.45, 2.75) is 0 Å². The number of aromatic amines is 1. The second-order valence-corrected chi connectivity index (χ2v) is 5.14. The molecule has 0 aliphatic rings. The molecule has 0 saturated heterocycles. The molecule has 24 heavy (non-hydrogen) atoms. The molecule has 0 bridgehead atoms. The zero-order valence-electron chi connectivity index (χ0n) is 13.0. The van der Waals surface area contributed by atoms with Crippen LogP contribution in [0.25, 0.3) is 17.3 Å². The molecule has 1 N–H and O–H groups in total. The Morgan fingerprint density at radius 1 is 1.12 bits per heavy atom. The fourth-order valence-electron chi connectivity index (χ4n) is 2.21. The van der Waals surface area contributed by atoms with Crippen LogP contribution in [0.1, 0.15) is 16.1 Å². The maximum Gasteiger partial charge on any atom is 0.185 e. The molecule has 0 amide bonds. The molecule has 0 atom stereocenters. The molecule has 4 nitrogen and oxygen atoms in total. The second-order valence-electron chi connectivity index (χ2n) is 5.14. The van der Waals surface area contributed by atoms with Crippen LogP contribution in [0.5, 0.6) is 5.75 Å². The van der Waals surface area contributed by atoms with E-state index in [9.17, 15) is 9.18 Å². The van der Waals surface area contributed by atoms with E-state index in [4.69, 9.17) is 4.74 Å². The number of methoxy groups -OCH3 is 1. The van der Waals surface area contributed by atoms with Gasteiger partial charge in [-0.2, -0.15) is 5.10 Å². The van der Waals surface area contributed by atoms with Gasteiger partial charge in [-0.15, -0.1) is 0 Å². The highest BCUT2D eigenvalue weighted by molar-refractivity contribution is 6.06. The summed E-state index contributed by atoms with van der Waals surface area (Å²) >= 11 is 0. The van der Waals surface area contributed by atoms with Gasteiger partial charge in [0.1, 0.15) is 11.6 Å². The Hall–Kier alpha value is -3.21. The average molecular weight is 322 g/mol. The minimum absolute atomic E-state index is 0.115. The molecule has 0 unspecified atom stereocenters. The number of hydrogen-bond donors (Lipinski definition) is 1. The van der Waals surface area contributed by atoms with Crippen LogP contribution in [-0.2, 0) is 0 Å². The SMILES string of the molecule is COc1ccc(C(=O)/C=C/c2cc(-c3ccc(F)cc3)n[nH]2)cc1. The number of carbonyl (C=O) groups is 1. The van der Waals surface area contributed by atoms with E-state index in [1.807, 2.05) is 0 Å². The van der Waals surface area contributed by atoms with Crippen molar-refractivity contribution >= 4 is 11.9 Å². The number of aromatic nitrogens is 2. The van der Waals surface area contributed by atoms with Crippen molar-refractivity contribution in [2.75, 3.05) is 7.11 Å². The van der Waals surface area contributed by atoms with E-state index in [1.54, 1.807) is 55.7 Å². The summed E-state index contributed by atoms with van der Waals surface area (Å²) in [6, 6.07) is 14.8. The zero-order valence-corrected chi connectivity index (χ0v) is 13.0. The molecule has 0 spiro atoms. The van der Waals surface area contributed by atoms with Gasteiger partial charge in [-0.05, 0) is 66.7 Å². The van der Waals surface area contributed by atoms with Crippen LogP contribution < -0.4 is 4.74 Å². The molecule has 2 aromatic carbocycles. The molecule has 0 aliphatic carbocycles. The van der Waals surface area contributed by atoms with Gasteiger partial charge in [-0.25, -0.2) is 4.39 Å². The molecule has 120 valence electrons. The van der Waals surface area contributed by atoms with E-state index in [0.29, 0.717) is 22.7 Å². The number of H-pyrrole nitrogens is 1. The number of hydrogen-bond acceptors (Lipinski definition) is 3. The number of halogens is 1. The van der Waals surface area contributed by atoms with Gasteiger partial charge >= 0.3 is 0 Å². The third-order valence-corrected chi connectivity index (χ3v) is 3.53. The van der Waals surface area contributed by atoms with Crippen LogP contribution in [0.2, 0.25) is 0 Å². The molecule has 1 aromatic heterocycles. The summed E-state index contributed by atoms with van der Waals surface area (Å²) in [5, 5.41) is 7.00. The molecule has 5 heteroatoms. The molecular formula is C19H15FN2O2. The smallest absolute Gasteiger partial charge is 0.185 e. The van der Waals surface area contributed by atoms with Gasteiger partial charge in [0.2, 0.25) is 0 Å². The van der Waals surface area contributed by atoms with Crippen molar-refractivity contribution in [2.24, 2.45) is 0 Å². The van der Waals surface area contributed by atoms with Crippen molar-refractivity contribution in [1.82, 2.24) is 10.2 Å². The van der Waals surface area contributed by atoms with Crippen LogP contribution in [0.15, 0.2) is 60.7 Å². The Kier molecular flexibility index (Phi) is 4.52. The van der Waals surface area contributed by atoms with Crippen molar-refractivity contribution < 1.29 is 13.9 Å². The molecule has 3 aromatic rings. The summed E-state index contributed by atoms with van der Waals surface area (Å²) in [4.78, 5) is 12.1. The number of nitrogens with one attached hydrogen (secondary N) is 1. The number of benzene rings is 2. The molecule has 0 radical (unpaired) electrons. The van der Waals surface area contributed by atoms with Crippen LogP contribution in [-0.4, -0.2) is 23.1 Å². The standard InChI is InChI=1S/C19H15FN2O2/c1-24-17-9-4-14(5-10-17)19(23)11-8-16-12-18(22-21-16)13-2-6-15(20)7-3-13/h2-12H,1H3,(H,21,22)/b11-8+. The highest BCUT2D eigenvalue weighted by Crippen LogP contribution is 2.19. The Labute approximate surface area is 138 Å². The van der Waals surface area contributed by atoms with Crippen molar-refractivity contribution in [1.29, 1.82) is 0 Å². The van der Waals surface area contributed by atoms with E-state index in [2.05, 4.69) is 10.2 Å². The third-order valence-electron chi connectivity index (χ3n) is 3.53. The number of ketones is 1. The van der Waals surface area contributed by atoms with Crippen molar-refractivity contribution in [3.8, 4) is 17.0 Å². The van der Waals surface area contributed by atoms with Gasteiger partial charge in [-0.1, -0.05) is 0 Å². The summed E-state index contributed by atoms with van der Waals surface area (Å²) in [5.41, 5.74) is 2.75. The van der Waals surface area contributed by atoms with E-state index >= 15 is 0 Å². The Morgan fingerprint density at radius 3 is 2.50 bits per heavy atom. The second kappa shape index (κ2) is 6.91. The maximum absolute atomic E-state index is 12.9. The highest BCUT2D eigenvalue weighted by atomic mass is 19.1. The molecule has 1 heterocycles. The van der Waals surface area contributed by atoms with Crippen molar-refractivity contribution in [3.05, 3.63) is 77.7 Å². The fourth-order valence-corrected chi connectivity index (χ4v) is 2.21. The zero-order chi connectivity index (χ0) is 16.9. The topological polar surface area (TPSA) is 55.0 Å². The Bertz CT molecular complexity index is 865. The van der Waals surface area contributed by atoms with Crippen LogP contribution in [0, 0.1) is 5.82 Å². The van der Waals surface area contributed by atoms with Crippen molar-refractivity contribution in [3.63, 3.8) is 0 Å². The Morgan fingerprint density at radius 2 is 1.83 bits per heavy atom. The normalized spacial score (nSPS) is 10.9. The minimum atomic E-state index is -0.292. The van der Waals surface area contributed by atoms with E-state index in [1.165, 1.54) is 18.2 Å². The van der Waals surface area contributed by atoms with Gasteiger partial charge in [0, 0.05) is 11.1 Å². The van der Waals surface area contributed by atoms with E-state index < -0.39 is 0 Å².